The molecule has 0 amide bonds. The summed E-state index contributed by atoms with van der Waals surface area (Å²) in [7, 11) is 0. The number of phenols is 2. The molecule has 2 aromatic carbocycles. The van der Waals surface area contributed by atoms with Crippen molar-refractivity contribution in [3.05, 3.63) is 57.6 Å². The summed E-state index contributed by atoms with van der Waals surface area (Å²) in [5, 5.41) is 20.5. The van der Waals surface area contributed by atoms with Crippen LogP contribution in [0.2, 0.25) is 0 Å². The van der Waals surface area contributed by atoms with Gasteiger partial charge in [-0.1, -0.05) is 93.5 Å². The van der Waals surface area contributed by atoms with Gasteiger partial charge in [0.2, 0.25) is 0 Å². The third-order valence-corrected chi connectivity index (χ3v) is 17.8. The van der Waals surface area contributed by atoms with Gasteiger partial charge in [-0.15, -0.1) is 0 Å². The second kappa shape index (κ2) is 38.7. The van der Waals surface area contributed by atoms with E-state index in [0.717, 1.165) is 33.4 Å². The number of rotatable bonds is 34. The van der Waals surface area contributed by atoms with Gasteiger partial charge in [0.25, 0.3) is 0 Å². The van der Waals surface area contributed by atoms with Gasteiger partial charge in [0.05, 0.1) is 47.7 Å². The van der Waals surface area contributed by atoms with Crippen molar-refractivity contribution < 1.29 is 182 Å². The zero-order valence-electron chi connectivity index (χ0n) is 65.2. The quantitative estimate of drug-likeness (QED) is 0.0290. The van der Waals surface area contributed by atoms with E-state index in [1.165, 1.54) is 41.5 Å². The van der Waals surface area contributed by atoms with Crippen LogP contribution in [0.4, 0.5) is 114 Å². The second-order valence-corrected chi connectivity index (χ2v) is 30.6. The van der Waals surface area contributed by atoms with E-state index in [-0.39, 0.29) is 92.6 Å². The molecule has 0 atom stereocenters. The molecular weight excluding hydrogens is 1580 g/mol. The standard InChI is InChI=1S/C25H40O5.C19H28O5.2C14H15F13O2/c1-10-25(8,9)22(28)30-14-13-29-20(26)12-11-17-15-18(23(2,3)4)21(27)19(16-17)24(5,6)7;1-6-19(4,5)18(22)24-10-9-23-16(20)8-7-15-11-13(2)17(21)14(3)12-15;2*1-4-8(2,3)7(28)29-6-5-9(15,16)10(17,18)11(19,20)12(21,22)13(23,24)14(25,26)27/h15-16,27H,10-14H2,1-9H3;11-12,21H,6-10H2,1-5H3;2*4-6H2,1-3H3. The Labute approximate surface area is 631 Å². The van der Waals surface area contributed by atoms with Gasteiger partial charge >= 0.3 is 107 Å². The first-order chi connectivity index (χ1) is 49.6. The highest BCUT2D eigenvalue weighted by molar-refractivity contribution is 5.77. The number of hydrogen-bond donors (Lipinski definition) is 2. The topological polar surface area (TPSA) is 198 Å². The van der Waals surface area contributed by atoms with Crippen molar-refractivity contribution in [2.75, 3.05) is 39.6 Å². The number of carbonyl (C=O) groups is 6. The molecular formula is C72H98F26O14. The van der Waals surface area contributed by atoms with Crippen molar-refractivity contribution in [2.24, 2.45) is 21.7 Å². The number of ether oxygens (including phenoxy) is 6. The van der Waals surface area contributed by atoms with E-state index in [1.807, 2.05) is 79.7 Å². The molecule has 2 aromatic rings. The molecule has 0 aliphatic heterocycles. The monoisotopic (exact) mass is 1680 g/mol. The maximum Gasteiger partial charge on any atom is 0.460 e. The van der Waals surface area contributed by atoms with Crippen molar-refractivity contribution in [1.82, 2.24) is 0 Å². The van der Waals surface area contributed by atoms with Gasteiger partial charge in [-0.05, 0) is 152 Å². The first-order valence-electron chi connectivity index (χ1n) is 34.2. The van der Waals surface area contributed by atoms with Crippen molar-refractivity contribution in [3.63, 3.8) is 0 Å². The smallest absolute Gasteiger partial charge is 0.460 e. The van der Waals surface area contributed by atoms with Crippen LogP contribution >= 0.6 is 0 Å². The van der Waals surface area contributed by atoms with Crippen LogP contribution in [-0.4, -0.2) is 157 Å². The molecule has 652 valence electrons. The Morgan fingerprint density at radius 3 is 0.741 bits per heavy atom. The molecule has 40 heteroatoms. The van der Waals surface area contributed by atoms with Gasteiger partial charge in [0.15, 0.2) is 0 Å². The molecule has 0 radical (unpaired) electrons. The third-order valence-electron chi connectivity index (χ3n) is 17.8. The Balaban J connectivity index is 0. The van der Waals surface area contributed by atoms with Gasteiger partial charge in [-0.25, -0.2) is 0 Å². The highest BCUT2D eigenvalue weighted by Gasteiger charge is 2.92. The third kappa shape index (κ3) is 26.5. The Kier molecular flexibility index (Phi) is 37.0. The van der Waals surface area contributed by atoms with Crippen LogP contribution in [0.3, 0.4) is 0 Å². The fourth-order valence-corrected chi connectivity index (χ4v) is 8.21. The number of phenolic OH excluding ortho intramolecular Hbond substituents is 2. The fourth-order valence-electron chi connectivity index (χ4n) is 8.21. The van der Waals surface area contributed by atoms with E-state index in [9.17, 15) is 153 Å². The lowest BCUT2D eigenvalue weighted by atomic mass is 9.78. The van der Waals surface area contributed by atoms with Gasteiger partial charge < -0.3 is 38.6 Å². The molecule has 0 aliphatic rings. The highest BCUT2D eigenvalue weighted by atomic mass is 19.4. The maximum atomic E-state index is 13.5. The van der Waals surface area contributed by atoms with Crippen LogP contribution < -0.4 is 0 Å². The lowest BCUT2D eigenvalue weighted by Crippen LogP contribution is -2.70. The second-order valence-electron chi connectivity index (χ2n) is 30.6. The Morgan fingerprint density at radius 1 is 0.304 bits per heavy atom. The maximum absolute atomic E-state index is 13.5. The average molecular weight is 1680 g/mol. The molecule has 0 aromatic heterocycles. The summed E-state index contributed by atoms with van der Waals surface area (Å²) in [6.07, 6.45) is -17.0. The number of aryl methyl sites for hydroxylation is 4. The minimum atomic E-state index is -7.94. The van der Waals surface area contributed by atoms with Crippen molar-refractivity contribution >= 4 is 35.8 Å². The number of alkyl halides is 26. The number of benzene rings is 2. The van der Waals surface area contributed by atoms with Gasteiger partial charge in [0, 0.05) is 12.8 Å². The number of esters is 6. The zero-order valence-corrected chi connectivity index (χ0v) is 65.2. The van der Waals surface area contributed by atoms with Crippen molar-refractivity contribution in [2.45, 2.75) is 285 Å². The molecule has 112 heavy (non-hydrogen) atoms. The summed E-state index contributed by atoms with van der Waals surface area (Å²) in [4.78, 5) is 70.5. The SMILES string of the molecule is CCC(C)(C)C(=O)OCCC(F)(F)C(F)(F)C(F)(F)C(F)(F)C(F)(F)C(F)(F)F.CCC(C)(C)C(=O)OCCC(F)(F)C(F)(F)C(F)(F)C(F)(F)C(F)(F)C(F)(F)F.CCC(C)(C)C(=O)OCCOC(=O)CCc1cc(C(C)(C)C)c(O)c(C(C)(C)C)c1.CCC(C)(C)C(=O)OCCOC(=O)CCc1cc(C)c(O)c(C)c1. The van der Waals surface area contributed by atoms with Crippen molar-refractivity contribution in [1.29, 1.82) is 0 Å². The predicted molar refractivity (Wildman–Crippen MR) is 353 cm³/mol. The van der Waals surface area contributed by atoms with Gasteiger partial charge in [-0.2, -0.15) is 114 Å². The van der Waals surface area contributed by atoms with Crippen LogP contribution in [0.15, 0.2) is 24.3 Å². The minimum Gasteiger partial charge on any atom is -0.507 e. The molecule has 2 N–H and O–H groups in total. The Bertz CT molecular complexity index is 3270. The van der Waals surface area contributed by atoms with Gasteiger partial charge in [0.1, 0.15) is 37.9 Å². The van der Waals surface area contributed by atoms with Gasteiger partial charge in [-0.3, -0.25) is 28.8 Å². The summed E-state index contributed by atoms with van der Waals surface area (Å²) >= 11 is 0. The van der Waals surface area contributed by atoms with Crippen LogP contribution in [-0.2, 0) is 80.9 Å². The van der Waals surface area contributed by atoms with Crippen LogP contribution in [0.25, 0.3) is 0 Å². The summed E-state index contributed by atoms with van der Waals surface area (Å²) in [5.74, 6) is -77.5. The Morgan fingerprint density at radius 2 is 0.518 bits per heavy atom. The highest BCUT2D eigenvalue weighted by Crippen LogP contribution is 2.63. The van der Waals surface area contributed by atoms with Crippen LogP contribution in [0.1, 0.15) is 209 Å². The fraction of sp³-hybridized carbons (Fsp3) is 0.750. The number of halogens is 26. The van der Waals surface area contributed by atoms with E-state index in [2.05, 4.69) is 51.0 Å². The van der Waals surface area contributed by atoms with E-state index in [4.69, 9.17) is 18.9 Å². The number of hydrogen-bond acceptors (Lipinski definition) is 14. The van der Waals surface area contributed by atoms with Crippen molar-refractivity contribution in [3.8, 4) is 11.5 Å². The average Bonchev–Trinajstić information content (AvgIpc) is 0.716. The normalized spacial score (nSPS) is 13.8. The molecule has 0 aliphatic carbocycles. The zero-order chi connectivity index (χ0) is 89.5. The summed E-state index contributed by atoms with van der Waals surface area (Å²) in [6, 6.07) is 7.69. The molecule has 2 rings (SSSR count). The molecule has 14 nitrogen and oxygen atoms in total. The summed E-state index contributed by atoms with van der Waals surface area (Å²) in [5.41, 5.74) is 1.20. The predicted octanol–water partition coefficient (Wildman–Crippen LogP) is 21.1. The first-order valence-corrected chi connectivity index (χ1v) is 34.2. The summed E-state index contributed by atoms with van der Waals surface area (Å²) < 4.78 is 364. The number of carbonyl (C=O) groups excluding carboxylic acids is 6. The summed E-state index contributed by atoms with van der Waals surface area (Å²) in [6.45, 7) is 31.7. The lowest BCUT2D eigenvalue weighted by molar-refractivity contribution is -0.440. The molecule has 0 saturated heterocycles. The molecule has 0 heterocycles. The minimum absolute atomic E-state index is 0.0508. The Hall–Kier alpha value is -6.96. The van der Waals surface area contributed by atoms with Crippen LogP contribution in [0, 0.1) is 35.5 Å². The molecule has 0 unspecified atom stereocenters. The van der Waals surface area contributed by atoms with E-state index < -0.39 is 131 Å². The van der Waals surface area contributed by atoms with E-state index >= 15 is 0 Å². The first kappa shape index (κ1) is 107. The van der Waals surface area contributed by atoms with Crippen LogP contribution in [0.5, 0.6) is 11.5 Å². The molecule has 0 saturated carbocycles. The lowest BCUT2D eigenvalue weighted by Gasteiger charge is -2.39. The number of aromatic hydroxyl groups is 2. The molecule has 0 spiro atoms. The van der Waals surface area contributed by atoms with E-state index in [0.29, 0.717) is 31.4 Å². The largest absolute Gasteiger partial charge is 0.507 e. The molecule has 0 fully saturated rings. The van der Waals surface area contributed by atoms with E-state index in [1.54, 1.807) is 0 Å². The molecule has 0 bridgehead atoms.